The first kappa shape index (κ1) is 18.8. The van der Waals surface area contributed by atoms with Gasteiger partial charge in [-0.05, 0) is 59.9 Å². The van der Waals surface area contributed by atoms with E-state index in [4.69, 9.17) is 0 Å². The van der Waals surface area contributed by atoms with Gasteiger partial charge >= 0.3 is 6.03 Å². The number of hydrogen-bond donors (Lipinski definition) is 2. The minimum Gasteiger partial charge on any atom is -0.307 e. The number of rotatable bonds is 6. The molecule has 0 radical (unpaired) electrons. The van der Waals surface area contributed by atoms with Crippen molar-refractivity contribution in [2.24, 2.45) is 0 Å². The molecule has 0 bridgehead atoms. The van der Waals surface area contributed by atoms with E-state index in [0.29, 0.717) is 16.5 Å². The number of anilines is 1. The molecule has 0 saturated heterocycles. The van der Waals surface area contributed by atoms with Crippen molar-refractivity contribution in [3.8, 4) is 0 Å². The van der Waals surface area contributed by atoms with E-state index in [1.54, 1.807) is 36.7 Å². The van der Waals surface area contributed by atoms with Crippen molar-refractivity contribution in [3.63, 3.8) is 0 Å². The monoisotopic (exact) mass is 379 g/mol. The van der Waals surface area contributed by atoms with Crippen LogP contribution >= 0.6 is 0 Å². The largest absolute Gasteiger partial charge is 0.331 e. The van der Waals surface area contributed by atoms with E-state index in [-0.39, 0.29) is 0 Å². The van der Waals surface area contributed by atoms with E-state index >= 15 is 0 Å². The van der Waals surface area contributed by atoms with Crippen molar-refractivity contribution in [2.45, 2.75) is 24.2 Å². The molecule has 1 aromatic heterocycles. The van der Waals surface area contributed by atoms with Crippen LogP contribution < -0.4 is 10.0 Å². The number of amides is 2. The van der Waals surface area contributed by atoms with Crippen molar-refractivity contribution in [2.75, 3.05) is 5.32 Å². The number of aromatic nitrogens is 1. The number of urea groups is 1. The summed E-state index contributed by atoms with van der Waals surface area (Å²) in [4.78, 5) is 16.6. The predicted octanol–water partition coefficient (Wildman–Crippen LogP) is 4.27. The average Bonchev–Trinajstić information content (AvgIpc) is 2.70. The van der Waals surface area contributed by atoms with Crippen LogP contribution in [0.5, 0.6) is 0 Å². The third-order valence-electron chi connectivity index (χ3n) is 4.17. The third kappa shape index (κ3) is 5.49. The summed E-state index contributed by atoms with van der Waals surface area (Å²) >= 11 is 0. The number of nitrogens with one attached hydrogen (secondary N) is 2. The molecule has 6 heteroatoms. The molecule has 0 fully saturated rings. The highest BCUT2D eigenvalue weighted by Crippen LogP contribution is 2.22. The Balaban J connectivity index is 1.55. The molecule has 0 spiro atoms. The summed E-state index contributed by atoms with van der Waals surface area (Å²) in [6.07, 6.45) is 4.52. The van der Waals surface area contributed by atoms with Gasteiger partial charge in [-0.1, -0.05) is 37.3 Å². The van der Waals surface area contributed by atoms with Crippen molar-refractivity contribution in [1.29, 1.82) is 0 Å². The molecule has 138 valence electrons. The van der Waals surface area contributed by atoms with Gasteiger partial charge in [0.1, 0.15) is 0 Å². The molecule has 27 heavy (non-hydrogen) atoms. The number of carbonyl (C=O) groups is 1. The second-order valence-corrected chi connectivity index (χ2v) is 7.43. The van der Waals surface area contributed by atoms with E-state index < -0.39 is 17.0 Å². The summed E-state index contributed by atoms with van der Waals surface area (Å²) < 4.78 is 14.5. The molecule has 0 saturated carbocycles. The molecule has 0 aliphatic heterocycles. The molecule has 1 heterocycles. The lowest BCUT2D eigenvalue weighted by atomic mass is 9.94. The van der Waals surface area contributed by atoms with Gasteiger partial charge in [0, 0.05) is 18.1 Å². The van der Waals surface area contributed by atoms with Crippen LogP contribution in [0.2, 0.25) is 0 Å². The summed E-state index contributed by atoms with van der Waals surface area (Å²) in [6, 6.07) is 20.0. The maximum atomic E-state index is 12.1. The standard InChI is InChI=1S/C21H21N3O2S/c1-16(15-17-11-13-22-14-12-17)18-7-9-19(10-8-18)23-21(25)24-27(26)20-5-3-2-4-6-20/h2-14,16H,15H2,1H3,(H2,23,24,25). The number of benzene rings is 2. The predicted molar refractivity (Wildman–Crippen MR) is 108 cm³/mol. The van der Waals surface area contributed by atoms with Gasteiger partial charge in [-0.2, -0.15) is 0 Å². The number of hydrogen-bond acceptors (Lipinski definition) is 3. The molecule has 5 nitrogen and oxygen atoms in total. The second kappa shape index (κ2) is 9.09. The Morgan fingerprint density at radius 1 is 1.00 bits per heavy atom. The highest BCUT2D eigenvalue weighted by Gasteiger charge is 2.10. The van der Waals surface area contributed by atoms with Crippen LogP contribution in [0.15, 0.2) is 84.0 Å². The molecule has 3 rings (SSSR count). The van der Waals surface area contributed by atoms with Crippen LogP contribution in [0, 0.1) is 0 Å². The highest BCUT2D eigenvalue weighted by molar-refractivity contribution is 7.83. The maximum absolute atomic E-state index is 12.1. The summed E-state index contributed by atoms with van der Waals surface area (Å²) in [7, 11) is -1.59. The van der Waals surface area contributed by atoms with Crippen molar-refractivity contribution in [3.05, 3.63) is 90.3 Å². The summed E-state index contributed by atoms with van der Waals surface area (Å²) in [5.41, 5.74) is 3.07. The van der Waals surface area contributed by atoms with E-state index in [9.17, 15) is 9.00 Å². The fourth-order valence-corrected chi connectivity index (χ4v) is 3.47. The van der Waals surface area contributed by atoms with Gasteiger partial charge in [0.05, 0.1) is 4.90 Å². The first-order valence-corrected chi connectivity index (χ1v) is 9.80. The third-order valence-corrected chi connectivity index (χ3v) is 5.24. The molecular weight excluding hydrogens is 358 g/mol. The Kier molecular flexibility index (Phi) is 6.33. The fraction of sp³-hybridized carbons (Fsp3) is 0.143. The van der Waals surface area contributed by atoms with Crippen LogP contribution in [-0.4, -0.2) is 15.2 Å². The molecule has 2 N–H and O–H groups in total. The summed E-state index contributed by atoms with van der Waals surface area (Å²) in [6.45, 7) is 2.17. The van der Waals surface area contributed by atoms with Crippen molar-refractivity contribution >= 4 is 22.7 Å². The zero-order valence-electron chi connectivity index (χ0n) is 15.0. The van der Waals surface area contributed by atoms with Crippen LogP contribution in [0.3, 0.4) is 0 Å². The van der Waals surface area contributed by atoms with E-state index in [2.05, 4.69) is 21.9 Å². The number of pyridine rings is 1. The fourth-order valence-electron chi connectivity index (χ4n) is 2.73. The lowest BCUT2D eigenvalue weighted by molar-refractivity contribution is 0.257. The average molecular weight is 379 g/mol. The van der Waals surface area contributed by atoms with E-state index in [1.165, 1.54) is 11.1 Å². The van der Waals surface area contributed by atoms with Gasteiger partial charge in [0.2, 0.25) is 0 Å². The highest BCUT2D eigenvalue weighted by atomic mass is 32.2. The summed E-state index contributed by atoms with van der Waals surface area (Å²) in [5.74, 6) is 0.348. The Labute approximate surface area is 161 Å². The normalized spacial score (nSPS) is 12.8. The molecule has 2 amide bonds. The zero-order chi connectivity index (χ0) is 19.1. The van der Waals surface area contributed by atoms with Gasteiger partial charge in [0.25, 0.3) is 0 Å². The van der Waals surface area contributed by atoms with Gasteiger partial charge in [0.15, 0.2) is 11.0 Å². The molecule has 0 aliphatic rings. The SMILES string of the molecule is CC(Cc1ccncc1)c1ccc(NC(=O)NS(=O)c2ccccc2)cc1. The van der Waals surface area contributed by atoms with E-state index in [1.807, 2.05) is 42.5 Å². The Morgan fingerprint density at radius 2 is 1.67 bits per heavy atom. The number of carbonyl (C=O) groups excluding carboxylic acids is 1. The Hall–Kier alpha value is -2.99. The van der Waals surface area contributed by atoms with Gasteiger partial charge in [-0.3, -0.25) is 9.71 Å². The maximum Gasteiger partial charge on any atom is 0.331 e. The summed E-state index contributed by atoms with van der Waals surface area (Å²) in [5, 5.41) is 2.71. The minimum atomic E-state index is -1.59. The topological polar surface area (TPSA) is 71.1 Å². The van der Waals surface area contributed by atoms with Gasteiger partial charge < -0.3 is 5.32 Å². The van der Waals surface area contributed by atoms with Gasteiger partial charge in [-0.15, -0.1) is 0 Å². The Morgan fingerprint density at radius 3 is 2.33 bits per heavy atom. The Bertz CT molecular complexity index is 900. The minimum absolute atomic E-state index is 0.348. The number of nitrogens with zero attached hydrogens (tertiary/aromatic N) is 1. The first-order chi connectivity index (χ1) is 13.1. The van der Waals surface area contributed by atoms with Crippen LogP contribution in [0.1, 0.15) is 24.0 Å². The quantitative estimate of drug-likeness (QED) is 0.672. The molecule has 2 atom stereocenters. The van der Waals surface area contributed by atoms with Crippen LogP contribution in [0.25, 0.3) is 0 Å². The molecule has 3 aromatic rings. The molecule has 2 unspecified atom stereocenters. The van der Waals surface area contributed by atoms with Crippen LogP contribution in [-0.2, 0) is 17.4 Å². The van der Waals surface area contributed by atoms with Crippen molar-refractivity contribution < 1.29 is 9.00 Å². The smallest absolute Gasteiger partial charge is 0.307 e. The zero-order valence-corrected chi connectivity index (χ0v) is 15.8. The van der Waals surface area contributed by atoms with Crippen LogP contribution in [0.4, 0.5) is 10.5 Å². The van der Waals surface area contributed by atoms with Crippen molar-refractivity contribution in [1.82, 2.24) is 9.71 Å². The lowest BCUT2D eigenvalue weighted by Gasteiger charge is -2.13. The lowest BCUT2D eigenvalue weighted by Crippen LogP contribution is -2.30. The first-order valence-electron chi connectivity index (χ1n) is 8.65. The van der Waals surface area contributed by atoms with E-state index in [0.717, 1.165) is 6.42 Å². The second-order valence-electron chi connectivity index (χ2n) is 6.22. The van der Waals surface area contributed by atoms with Gasteiger partial charge in [-0.25, -0.2) is 9.00 Å². The molecule has 2 aromatic carbocycles. The molecular formula is C21H21N3O2S. The molecule has 0 aliphatic carbocycles.